The maximum Gasteiger partial charge on any atom is 0.131 e. The van der Waals surface area contributed by atoms with Gasteiger partial charge >= 0.3 is 0 Å². The molecule has 0 saturated heterocycles. The molecule has 19 heavy (non-hydrogen) atoms. The highest BCUT2D eigenvalue weighted by atomic mass is 35.5. The Morgan fingerprint density at radius 2 is 2.05 bits per heavy atom. The highest BCUT2D eigenvalue weighted by Crippen LogP contribution is 2.34. The number of aromatic nitrogens is 2. The number of nitrogens with one attached hydrogen (secondary N) is 1. The van der Waals surface area contributed by atoms with Crippen LogP contribution >= 0.6 is 11.6 Å². The fourth-order valence-corrected chi connectivity index (χ4v) is 2.24. The molecule has 0 fully saturated rings. The molecule has 5 heteroatoms. The highest BCUT2D eigenvalue weighted by molar-refractivity contribution is 6.31. The Morgan fingerprint density at radius 3 is 2.63 bits per heavy atom. The lowest BCUT2D eigenvalue weighted by atomic mass is 10.1. The molecule has 4 nitrogen and oxygen atoms in total. The van der Waals surface area contributed by atoms with Gasteiger partial charge in [-0.1, -0.05) is 11.6 Å². The molecule has 0 amide bonds. The van der Waals surface area contributed by atoms with Crippen molar-refractivity contribution in [2.24, 2.45) is 0 Å². The molecule has 0 bridgehead atoms. The Kier molecular flexibility index (Phi) is 4.35. The van der Waals surface area contributed by atoms with E-state index >= 15 is 0 Å². The molecule has 1 aromatic heterocycles. The summed E-state index contributed by atoms with van der Waals surface area (Å²) in [4.78, 5) is 0. The third-order valence-corrected chi connectivity index (χ3v) is 3.02. The van der Waals surface area contributed by atoms with Crippen molar-refractivity contribution in [3.63, 3.8) is 0 Å². The third-order valence-electron chi connectivity index (χ3n) is 2.80. The second-order valence-electron chi connectivity index (χ2n) is 4.24. The van der Waals surface area contributed by atoms with E-state index in [4.69, 9.17) is 16.3 Å². The van der Waals surface area contributed by atoms with Gasteiger partial charge < -0.3 is 10.1 Å². The van der Waals surface area contributed by atoms with E-state index in [9.17, 15) is 0 Å². The van der Waals surface area contributed by atoms with E-state index in [2.05, 4.69) is 15.5 Å². The molecule has 0 radical (unpaired) electrons. The van der Waals surface area contributed by atoms with Gasteiger partial charge in [-0.05, 0) is 43.8 Å². The van der Waals surface area contributed by atoms with Crippen molar-refractivity contribution in [1.82, 2.24) is 15.5 Å². The van der Waals surface area contributed by atoms with Crippen LogP contribution in [-0.4, -0.2) is 24.4 Å². The number of benzene rings is 1. The van der Waals surface area contributed by atoms with E-state index in [-0.39, 0.29) is 0 Å². The van der Waals surface area contributed by atoms with Crippen LogP contribution in [0.4, 0.5) is 0 Å². The van der Waals surface area contributed by atoms with Gasteiger partial charge in [-0.2, -0.15) is 10.2 Å². The minimum atomic E-state index is 0.661. The summed E-state index contributed by atoms with van der Waals surface area (Å²) in [5, 5.41) is 12.1. The van der Waals surface area contributed by atoms with Gasteiger partial charge in [-0.3, -0.25) is 0 Å². The monoisotopic (exact) mass is 277 g/mol. The largest absolute Gasteiger partial charge is 0.496 e. The number of halogens is 1. The Balaban J connectivity index is 2.45. The minimum absolute atomic E-state index is 0.661. The first-order valence-electron chi connectivity index (χ1n) is 5.97. The zero-order chi connectivity index (χ0) is 13.8. The molecule has 0 unspecified atom stereocenters. The van der Waals surface area contributed by atoms with Gasteiger partial charge in [0, 0.05) is 17.1 Å². The van der Waals surface area contributed by atoms with Gasteiger partial charge in [-0.15, -0.1) is 0 Å². The number of hydrogen-bond acceptors (Lipinski definition) is 4. The minimum Gasteiger partial charge on any atom is -0.496 e. The number of rotatable bonds is 4. The second-order valence-corrected chi connectivity index (χ2v) is 4.68. The summed E-state index contributed by atoms with van der Waals surface area (Å²) in [6, 6.07) is 7.57. The molecule has 1 N–H and O–H groups in total. The van der Waals surface area contributed by atoms with Gasteiger partial charge in [0.2, 0.25) is 0 Å². The predicted molar refractivity (Wildman–Crippen MR) is 76.5 cm³/mol. The molecule has 2 rings (SSSR count). The second kappa shape index (κ2) is 5.99. The SMILES string of the molecule is CNCc1ccc(-c2cc(Cl)cc(C)c2OC)nn1. The van der Waals surface area contributed by atoms with Crippen molar-refractivity contribution in [3.8, 4) is 17.0 Å². The summed E-state index contributed by atoms with van der Waals surface area (Å²) in [6.07, 6.45) is 0. The molecule has 0 aliphatic heterocycles. The fourth-order valence-electron chi connectivity index (χ4n) is 1.97. The quantitative estimate of drug-likeness (QED) is 0.933. The van der Waals surface area contributed by atoms with Gasteiger partial charge in [-0.25, -0.2) is 0 Å². The van der Waals surface area contributed by atoms with E-state index in [0.29, 0.717) is 11.6 Å². The van der Waals surface area contributed by atoms with Crippen molar-refractivity contribution >= 4 is 11.6 Å². The maximum atomic E-state index is 6.10. The predicted octanol–water partition coefficient (Wildman–Crippen LogP) is 2.83. The summed E-state index contributed by atoms with van der Waals surface area (Å²) in [5.74, 6) is 0.778. The van der Waals surface area contributed by atoms with Crippen molar-refractivity contribution in [1.29, 1.82) is 0 Å². The van der Waals surface area contributed by atoms with Gasteiger partial charge in [0.1, 0.15) is 5.75 Å². The summed E-state index contributed by atoms with van der Waals surface area (Å²) in [5.41, 5.74) is 3.48. The van der Waals surface area contributed by atoms with E-state index in [0.717, 1.165) is 28.3 Å². The zero-order valence-electron chi connectivity index (χ0n) is 11.2. The fraction of sp³-hybridized carbons (Fsp3) is 0.286. The standard InChI is InChI=1S/C14H16ClN3O/c1-9-6-10(15)7-12(14(9)19-3)13-5-4-11(8-16-2)17-18-13/h4-7,16H,8H2,1-3H3. The van der Waals surface area contributed by atoms with E-state index in [1.807, 2.05) is 38.2 Å². The summed E-state index contributed by atoms with van der Waals surface area (Å²) >= 11 is 6.10. The Bertz CT molecular complexity index is 570. The van der Waals surface area contributed by atoms with Crippen LogP contribution in [0, 0.1) is 6.92 Å². The van der Waals surface area contributed by atoms with E-state index < -0.39 is 0 Å². The maximum absolute atomic E-state index is 6.10. The van der Waals surface area contributed by atoms with E-state index in [1.165, 1.54) is 0 Å². The lowest BCUT2D eigenvalue weighted by Crippen LogP contribution is -2.07. The summed E-state index contributed by atoms with van der Waals surface area (Å²) < 4.78 is 5.42. The molecular formula is C14H16ClN3O. The van der Waals surface area contributed by atoms with Gasteiger partial charge in [0.15, 0.2) is 0 Å². The molecule has 0 atom stereocenters. The topological polar surface area (TPSA) is 47.0 Å². The van der Waals surface area contributed by atoms with Gasteiger partial charge in [0.25, 0.3) is 0 Å². The van der Waals surface area contributed by atoms with Crippen LogP contribution in [0.2, 0.25) is 5.02 Å². The molecule has 0 spiro atoms. The van der Waals surface area contributed by atoms with Crippen LogP contribution in [0.15, 0.2) is 24.3 Å². The summed E-state index contributed by atoms with van der Waals surface area (Å²) in [6.45, 7) is 2.65. The smallest absolute Gasteiger partial charge is 0.131 e. The number of methoxy groups -OCH3 is 1. The molecule has 1 aromatic carbocycles. The highest BCUT2D eigenvalue weighted by Gasteiger charge is 2.12. The van der Waals surface area contributed by atoms with Crippen molar-refractivity contribution in [2.75, 3.05) is 14.2 Å². The number of hydrogen-bond donors (Lipinski definition) is 1. The van der Waals surface area contributed by atoms with Crippen LogP contribution in [0.3, 0.4) is 0 Å². The third kappa shape index (κ3) is 3.03. The van der Waals surface area contributed by atoms with Crippen LogP contribution in [0.25, 0.3) is 11.3 Å². The van der Waals surface area contributed by atoms with Crippen LogP contribution in [-0.2, 0) is 6.54 Å². The molecule has 2 aromatic rings. The van der Waals surface area contributed by atoms with Gasteiger partial charge in [0.05, 0.1) is 18.5 Å². The lowest BCUT2D eigenvalue weighted by Gasteiger charge is -2.11. The average molecular weight is 278 g/mol. The Morgan fingerprint density at radius 1 is 1.26 bits per heavy atom. The van der Waals surface area contributed by atoms with Crippen molar-refractivity contribution in [3.05, 3.63) is 40.5 Å². The normalized spacial score (nSPS) is 10.5. The average Bonchev–Trinajstić information content (AvgIpc) is 2.39. The Hall–Kier alpha value is -1.65. The summed E-state index contributed by atoms with van der Waals surface area (Å²) in [7, 11) is 3.52. The van der Waals surface area contributed by atoms with Crippen molar-refractivity contribution < 1.29 is 4.74 Å². The first kappa shape index (κ1) is 13.8. The first-order valence-corrected chi connectivity index (χ1v) is 6.35. The lowest BCUT2D eigenvalue weighted by molar-refractivity contribution is 0.413. The Labute approximate surface area is 117 Å². The molecule has 0 aliphatic carbocycles. The van der Waals surface area contributed by atoms with Crippen LogP contribution < -0.4 is 10.1 Å². The van der Waals surface area contributed by atoms with Crippen LogP contribution in [0.1, 0.15) is 11.3 Å². The number of nitrogens with zero attached hydrogens (tertiary/aromatic N) is 2. The van der Waals surface area contributed by atoms with Crippen molar-refractivity contribution in [2.45, 2.75) is 13.5 Å². The molecule has 0 aliphatic rings. The first-order chi connectivity index (χ1) is 9.15. The van der Waals surface area contributed by atoms with Crippen LogP contribution in [0.5, 0.6) is 5.75 Å². The molecule has 100 valence electrons. The van der Waals surface area contributed by atoms with E-state index in [1.54, 1.807) is 7.11 Å². The molecule has 1 heterocycles. The number of ether oxygens (including phenoxy) is 1. The molecule has 0 saturated carbocycles. The number of aryl methyl sites for hydroxylation is 1. The zero-order valence-corrected chi connectivity index (χ0v) is 12.0. The molecular weight excluding hydrogens is 262 g/mol.